The summed E-state index contributed by atoms with van der Waals surface area (Å²) in [5.41, 5.74) is 0. The van der Waals surface area contributed by atoms with Crippen LogP contribution in [0.4, 0.5) is 4.79 Å². The van der Waals surface area contributed by atoms with Gasteiger partial charge in [0.25, 0.3) is 0 Å². The number of rotatable bonds is 9. The molecule has 0 radical (unpaired) electrons. The highest BCUT2D eigenvalue weighted by Gasteiger charge is 2.24. The molecule has 1 rings (SSSR count). The van der Waals surface area contributed by atoms with Crippen molar-refractivity contribution in [3.05, 3.63) is 23.2 Å². The maximum absolute atomic E-state index is 11.7. The van der Waals surface area contributed by atoms with Crippen molar-refractivity contribution in [2.45, 2.75) is 33.2 Å². The molecular formula is C17H22ClNO8. The highest BCUT2D eigenvalue weighted by atomic mass is 35.5. The van der Waals surface area contributed by atoms with Gasteiger partial charge in [0.1, 0.15) is 0 Å². The molecule has 0 heterocycles. The van der Waals surface area contributed by atoms with Crippen LogP contribution in [-0.4, -0.2) is 49.2 Å². The predicted molar refractivity (Wildman–Crippen MR) is 94.9 cm³/mol. The molecule has 0 saturated carbocycles. The molecule has 1 aromatic rings. The number of aliphatic carboxylic acids is 1. The molecule has 0 unspecified atom stereocenters. The van der Waals surface area contributed by atoms with Gasteiger partial charge in [0, 0.05) is 18.0 Å². The fourth-order valence-corrected chi connectivity index (χ4v) is 1.93. The Morgan fingerprint density at radius 2 is 1.81 bits per heavy atom. The number of carboxylic acids is 1. The Morgan fingerprint density at radius 1 is 1.15 bits per heavy atom. The number of carboxylic acid groups (broad SMARTS) is 1. The molecule has 0 aromatic heterocycles. The van der Waals surface area contributed by atoms with Crippen molar-refractivity contribution in [3.63, 3.8) is 0 Å². The van der Waals surface area contributed by atoms with E-state index in [0.717, 1.165) is 0 Å². The van der Waals surface area contributed by atoms with Gasteiger partial charge in [-0.15, -0.1) is 0 Å². The molecule has 1 amide bonds. The van der Waals surface area contributed by atoms with Crippen LogP contribution in [0.1, 0.15) is 20.8 Å². The molecule has 0 saturated heterocycles. The largest absolute Gasteiger partial charge is 0.493 e. The molecule has 2 N–H and O–H groups in total. The number of hydrogen-bond donors (Lipinski definition) is 2. The lowest BCUT2D eigenvalue weighted by Gasteiger charge is -2.19. The van der Waals surface area contributed by atoms with E-state index < -0.39 is 37.0 Å². The van der Waals surface area contributed by atoms with E-state index >= 15 is 0 Å². The Hall–Kier alpha value is -2.68. The average molecular weight is 404 g/mol. The lowest BCUT2D eigenvalue weighted by atomic mass is 10.2. The Morgan fingerprint density at radius 3 is 2.37 bits per heavy atom. The van der Waals surface area contributed by atoms with Crippen LogP contribution in [0, 0.1) is 5.92 Å². The SMILES string of the molecule is COc1ccc(Cl)cc1O[C@@H](CNC(=O)O[C@@H](C)OC(=O)C(C)C)C(=O)O. The first-order valence-corrected chi connectivity index (χ1v) is 8.39. The summed E-state index contributed by atoms with van der Waals surface area (Å²) in [7, 11) is 1.39. The van der Waals surface area contributed by atoms with E-state index in [1.807, 2.05) is 0 Å². The van der Waals surface area contributed by atoms with Crippen molar-refractivity contribution in [2.75, 3.05) is 13.7 Å². The summed E-state index contributed by atoms with van der Waals surface area (Å²) in [6.45, 7) is 4.22. The molecule has 2 atom stereocenters. The fourth-order valence-electron chi connectivity index (χ4n) is 1.77. The standard InChI is InChI=1S/C17H22ClNO8/c1-9(2)16(22)25-10(3)26-17(23)19-8-14(15(20)21)27-13-7-11(18)5-6-12(13)24-4/h5-7,9-10,14H,8H2,1-4H3,(H,19,23)(H,20,21)/t10-,14-/m0/s1. The van der Waals surface area contributed by atoms with Gasteiger partial charge in [-0.3, -0.25) is 4.79 Å². The summed E-state index contributed by atoms with van der Waals surface area (Å²) in [4.78, 5) is 34.6. The molecule has 1 aromatic carbocycles. The molecule has 0 spiro atoms. The van der Waals surface area contributed by atoms with Gasteiger partial charge < -0.3 is 29.4 Å². The maximum atomic E-state index is 11.7. The molecule has 10 heteroatoms. The number of amides is 1. The summed E-state index contributed by atoms with van der Waals surface area (Å²) in [5, 5.41) is 11.8. The van der Waals surface area contributed by atoms with Gasteiger partial charge in [0.05, 0.1) is 19.6 Å². The van der Waals surface area contributed by atoms with Crippen LogP contribution < -0.4 is 14.8 Å². The van der Waals surface area contributed by atoms with Gasteiger partial charge in [0.2, 0.25) is 12.4 Å². The van der Waals surface area contributed by atoms with Crippen LogP contribution >= 0.6 is 11.6 Å². The third-order valence-corrected chi connectivity index (χ3v) is 3.36. The van der Waals surface area contributed by atoms with E-state index in [4.69, 9.17) is 30.5 Å². The number of nitrogens with one attached hydrogen (secondary N) is 1. The topological polar surface area (TPSA) is 120 Å². The van der Waals surface area contributed by atoms with Crippen molar-refractivity contribution in [1.29, 1.82) is 0 Å². The van der Waals surface area contributed by atoms with Crippen LogP contribution in [0.25, 0.3) is 0 Å². The second-order valence-corrected chi connectivity index (χ2v) is 6.12. The molecule has 0 aliphatic heterocycles. The van der Waals surface area contributed by atoms with Crippen molar-refractivity contribution in [3.8, 4) is 11.5 Å². The van der Waals surface area contributed by atoms with Crippen LogP contribution in [0.15, 0.2) is 18.2 Å². The zero-order chi connectivity index (χ0) is 20.6. The summed E-state index contributed by atoms with van der Waals surface area (Å²) >= 11 is 5.87. The van der Waals surface area contributed by atoms with Crippen molar-refractivity contribution < 1.29 is 38.4 Å². The number of alkyl carbamates (subject to hydrolysis) is 1. The Bertz CT molecular complexity index is 679. The van der Waals surface area contributed by atoms with Crippen LogP contribution in [0.2, 0.25) is 5.02 Å². The maximum Gasteiger partial charge on any atom is 0.410 e. The molecule has 0 aliphatic carbocycles. The molecule has 27 heavy (non-hydrogen) atoms. The first-order chi connectivity index (χ1) is 12.6. The van der Waals surface area contributed by atoms with Crippen molar-refractivity contribution in [2.24, 2.45) is 5.92 Å². The van der Waals surface area contributed by atoms with E-state index in [1.165, 1.54) is 26.2 Å². The van der Waals surface area contributed by atoms with Crippen molar-refractivity contribution >= 4 is 29.6 Å². The highest BCUT2D eigenvalue weighted by Crippen LogP contribution is 2.30. The van der Waals surface area contributed by atoms with Gasteiger partial charge in [-0.05, 0) is 12.1 Å². The number of esters is 1. The zero-order valence-corrected chi connectivity index (χ0v) is 16.1. The van der Waals surface area contributed by atoms with Gasteiger partial charge >= 0.3 is 18.0 Å². The minimum absolute atomic E-state index is 0.104. The number of carbonyl (C=O) groups is 3. The lowest BCUT2D eigenvalue weighted by molar-refractivity contribution is -0.168. The molecular weight excluding hydrogens is 382 g/mol. The Labute approximate surface area is 161 Å². The smallest absolute Gasteiger partial charge is 0.410 e. The van der Waals surface area contributed by atoms with Crippen LogP contribution in [0.5, 0.6) is 11.5 Å². The quantitative estimate of drug-likeness (QED) is 0.476. The summed E-state index contributed by atoms with van der Waals surface area (Å²) in [6.07, 6.45) is -3.53. The van der Waals surface area contributed by atoms with Crippen LogP contribution in [0.3, 0.4) is 0 Å². The number of benzene rings is 1. The van der Waals surface area contributed by atoms with Gasteiger partial charge in [0.15, 0.2) is 11.5 Å². The number of halogens is 1. The van der Waals surface area contributed by atoms with E-state index in [-0.39, 0.29) is 17.4 Å². The second-order valence-electron chi connectivity index (χ2n) is 5.69. The highest BCUT2D eigenvalue weighted by molar-refractivity contribution is 6.30. The van der Waals surface area contributed by atoms with Gasteiger partial charge in [-0.1, -0.05) is 25.4 Å². The Kier molecular flexibility index (Phi) is 8.67. The number of carbonyl (C=O) groups excluding carboxylic acids is 2. The van der Waals surface area contributed by atoms with Crippen molar-refractivity contribution in [1.82, 2.24) is 5.32 Å². The van der Waals surface area contributed by atoms with Gasteiger partial charge in [-0.25, -0.2) is 9.59 Å². The average Bonchev–Trinajstić information content (AvgIpc) is 2.58. The predicted octanol–water partition coefficient (Wildman–Crippen LogP) is 2.45. The monoisotopic (exact) mass is 403 g/mol. The first kappa shape index (κ1) is 22.4. The Balaban J connectivity index is 2.63. The number of hydrogen-bond acceptors (Lipinski definition) is 7. The van der Waals surface area contributed by atoms with E-state index in [0.29, 0.717) is 5.02 Å². The molecule has 150 valence electrons. The third-order valence-electron chi connectivity index (χ3n) is 3.13. The van der Waals surface area contributed by atoms with E-state index in [1.54, 1.807) is 19.9 Å². The lowest BCUT2D eigenvalue weighted by Crippen LogP contribution is -2.41. The second kappa shape index (κ2) is 10.5. The first-order valence-electron chi connectivity index (χ1n) is 8.02. The summed E-state index contributed by atoms with van der Waals surface area (Å²) in [5.74, 6) is -1.85. The zero-order valence-electron chi connectivity index (χ0n) is 15.4. The summed E-state index contributed by atoms with van der Waals surface area (Å²) in [6, 6.07) is 4.46. The van der Waals surface area contributed by atoms with Gasteiger partial charge in [-0.2, -0.15) is 0 Å². The molecule has 9 nitrogen and oxygen atoms in total. The molecule has 0 fully saturated rings. The summed E-state index contributed by atoms with van der Waals surface area (Å²) < 4.78 is 20.1. The minimum Gasteiger partial charge on any atom is -0.493 e. The minimum atomic E-state index is -1.43. The third kappa shape index (κ3) is 7.61. The van der Waals surface area contributed by atoms with E-state index in [2.05, 4.69) is 5.32 Å². The number of methoxy groups -OCH3 is 1. The molecule has 0 bridgehead atoms. The van der Waals surface area contributed by atoms with Crippen LogP contribution in [-0.2, 0) is 19.1 Å². The van der Waals surface area contributed by atoms with E-state index in [9.17, 15) is 19.5 Å². The normalized spacial score (nSPS) is 12.7. The fraction of sp³-hybridized carbons (Fsp3) is 0.471. The molecule has 0 aliphatic rings. The number of ether oxygens (including phenoxy) is 4.